The predicted octanol–water partition coefficient (Wildman–Crippen LogP) is 6.08. The van der Waals surface area contributed by atoms with Crippen molar-refractivity contribution in [3.8, 4) is 11.1 Å². The molecule has 0 aliphatic carbocycles. The van der Waals surface area contributed by atoms with E-state index in [1.807, 2.05) is 50.0 Å². The maximum absolute atomic E-state index is 13.1. The van der Waals surface area contributed by atoms with Gasteiger partial charge in [0.25, 0.3) is 0 Å². The Morgan fingerprint density at radius 2 is 1.81 bits per heavy atom. The monoisotopic (exact) mass is 440 g/mol. The van der Waals surface area contributed by atoms with Crippen molar-refractivity contribution in [2.75, 3.05) is 19.7 Å². The zero-order valence-corrected chi connectivity index (χ0v) is 20.0. The molecule has 0 unspecified atom stereocenters. The van der Waals surface area contributed by atoms with Crippen LogP contribution in [0.1, 0.15) is 71.2 Å². The van der Waals surface area contributed by atoms with Crippen molar-refractivity contribution in [1.29, 1.82) is 0 Å². The molecule has 0 amide bonds. The molecule has 174 valence electrons. The van der Waals surface area contributed by atoms with E-state index in [-0.39, 0.29) is 18.6 Å². The average Bonchev–Trinajstić information content (AvgIpc) is 3.37. The van der Waals surface area contributed by atoms with Gasteiger partial charge in [-0.2, -0.15) is 0 Å². The van der Waals surface area contributed by atoms with Gasteiger partial charge in [-0.25, -0.2) is 4.79 Å². The van der Waals surface area contributed by atoms with Crippen LogP contribution in [0.5, 0.6) is 0 Å². The maximum Gasteiger partial charge on any atom is 0.418 e. The van der Waals surface area contributed by atoms with Crippen LogP contribution in [0.4, 0.5) is 10.5 Å². The van der Waals surface area contributed by atoms with Crippen molar-refractivity contribution < 1.29 is 14.6 Å². The molecule has 0 radical (unpaired) electrons. The summed E-state index contributed by atoms with van der Waals surface area (Å²) in [5.41, 5.74) is 3.96. The normalized spacial score (nSPS) is 14.7. The second-order valence-electron chi connectivity index (χ2n) is 9.62. The van der Waals surface area contributed by atoms with Crippen LogP contribution in [0.15, 0.2) is 40.7 Å². The molecule has 0 atom stereocenters. The van der Waals surface area contributed by atoms with Crippen LogP contribution in [0, 0.1) is 0 Å². The zero-order chi connectivity index (χ0) is 23.3. The number of rotatable bonds is 7. The fourth-order valence-electron chi connectivity index (χ4n) is 3.88. The van der Waals surface area contributed by atoms with E-state index in [9.17, 15) is 9.90 Å². The highest BCUT2D eigenvalue weighted by molar-refractivity contribution is 5.79. The smallest absolute Gasteiger partial charge is 0.418 e. The molecule has 1 aliphatic heterocycles. The van der Waals surface area contributed by atoms with Crippen molar-refractivity contribution in [3.63, 3.8) is 0 Å². The lowest BCUT2D eigenvalue weighted by molar-refractivity contribution is 0.0526. The Kier molecular flexibility index (Phi) is 7.72. The summed E-state index contributed by atoms with van der Waals surface area (Å²) in [7, 11) is 0. The number of carbonyl (C=O) groups excluding carboxylic acids is 1. The van der Waals surface area contributed by atoms with Crippen LogP contribution < -0.4 is 0 Å². The van der Waals surface area contributed by atoms with E-state index in [1.165, 1.54) is 12.8 Å². The second-order valence-corrected chi connectivity index (χ2v) is 9.62. The maximum atomic E-state index is 13.1. The van der Waals surface area contributed by atoms with Gasteiger partial charge in [0.1, 0.15) is 5.60 Å². The van der Waals surface area contributed by atoms with Crippen molar-refractivity contribution in [2.45, 2.75) is 71.8 Å². The van der Waals surface area contributed by atoms with E-state index >= 15 is 0 Å². The van der Waals surface area contributed by atoms with E-state index in [0.717, 1.165) is 41.3 Å². The average molecular weight is 441 g/mol. The first-order valence-electron chi connectivity index (χ1n) is 11.6. The molecular formula is C25H36N4O3. The zero-order valence-electron chi connectivity index (χ0n) is 20.0. The lowest BCUT2D eigenvalue weighted by atomic mass is 10.0. The second kappa shape index (κ2) is 10.3. The fraction of sp³-hybridized carbons (Fsp3) is 0.560. The fourth-order valence-corrected chi connectivity index (χ4v) is 3.88. The number of aliphatic hydroxyl groups excluding tert-OH is 1. The largest absolute Gasteiger partial charge is 0.443 e. The molecule has 1 aromatic carbocycles. The number of nitrogens with zero attached hydrogens (tertiary/aromatic N) is 4. The molecule has 7 nitrogen and oxygen atoms in total. The summed E-state index contributed by atoms with van der Waals surface area (Å²) in [5, 5.41) is 20.1. The third-order valence-electron chi connectivity index (χ3n) is 5.42. The van der Waals surface area contributed by atoms with Crippen molar-refractivity contribution >= 4 is 11.8 Å². The SMILES string of the molecule is CC(C)c1cc(-c2ccc(N=NN3CCCC3)cc2)c(CCCO)n1C(=O)OC(C)(C)C. The van der Waals surface area contributed by atoms with Gasteiger partial charge in [0.15, 0.2) is 0 Å². The molecule has 1 aliphatic rings. The number of ether oxygens (including phenoxy) is 1. The summed E-state index contributed by atoms with van der Waals surface area (Å²) < 4.78 is 7.41. The summed E-state index contributed by atoms with van der Waals surface area (Å²) in [5.74, 6) is 0.137. The highest BCUT2D eigenvalue weighted by atomic mass is 16.6. The van der Waals surface area contributed by atoms with E-state index < -0.39 is 5.60 Å². The van der Waals surface area contributed by atoms with Gasteiger partial charge in [0.05, 0.1) is 5.69 Å². The molecule has 1 aromatic heterocycles. The molecule has 1 N–H and O–H groups in total. The van der Waals surface area contributed by atoms with E-state index in [2.05, 4.69) is 30.3 Å². The molecule has 32 heavy (non-hydrogen) atoms. The van der Waals surface area contributed by atoms with Gasteiger partial charge >= 0.3 is 6.09 Å². The minimum Gasteiger partial charge on any atom is -0.443 e. The lowest BCUT2D eigenvalue weighted by Crippen LogP contribution is -2.29. The first kappa shape index (κ1) is 24.0. The molecule has 2 aromatic rings. The number of hydrogen-bond acceptors (Lipinski definition) is 5. The Morgan fingerprint density at radius 1 is 1.16 bits per heavy atom. The Hall–Kier alpha value is -2.67. The van der Waals surface area contributed by atoms with Gasteiger partial charge in [-0.3, -0.25) is 9.58 Å². The van der Waals surface area contributed by atoms with Crippen LogP contribution in [0.25, 0.3) is 11.1 Å². The number of aliphatic hydroxyl groups is 1. The first-order valence-corrected chi connectivity index (χ1v) is 11.6. The molecule has 0 spiro atoms. The molecule has 0 saturated carbocycles. The molecule has 7 heteroatoms. The Bertz CT molecular complexity index is 933. The minimum atomic E-state index is -0.591. The third kappa shape index (κ3) is 5.97. The highest BCUT2D eigenvalue weighted by Gasteiger charge is 2.26. The van der Waals surface area contributed by atoms with Crippen LogP contribution in [-0.2, 0) is 11.2 Å². The highest BCUT2D eigenvalue weighted by Crippen LogP contribution is 2.33. The standard InChI is InChI=1S/C25H36N4O3/c1-18(2)23-17-21(22(9-8-16-30)29(23)24(31)32-25(3,4)5)19-10-12-20(13-11-19)26-27-28-14-6-7-15-28/h10-13,17-18,30H,6-9,14-16H2,1-5H3. The molecule has 0 bridgehead atoms. The first-order chi connectivity index (χ1) is 15.2. The molecule has 1 fully saturated rings. The van der Waals surface area contributed by atoms with Gasteiger partial charge in [-0.05, 0) is 76.1 Å². The summed E-state index contributed by atoms with van der Waals surface area (Å²) in [4.78, 5) is 13.1. The number of carbonyl (C=O) groups is 1. The van der Waals surface area contributed by atoms with E-state index in [4.69, 9.17) is 4.74 Å². The van der Waals surface area contributed by atoms with Gasteiger partial charge in [0, 0.05) is 36.6 Å². The number of hydrogen-bond donors (Lipinski definition) is 1. The summed E-state index contributed by atoms with van der Waals surface area (Å²) >= 11 is 0. The summed E-state index contributed by atoms with van der Waals surface area (Å²) in [6.45, 7) is 11.7. The van der Waals surface area contributed by atoms with Crippen LogP contribution in [0.2, 0.25) is 0 Å². The topological polar surface area (TPSA) is 79.4 Å². The van der Waals surface area contributed by atoms with Crippen molar-refractivity contribution in [2.24, 2.45) is 10.3 Å². The van der Waals surface area contributed by atoms with Crippen LogP contribution in [-0.4, -0.2) is 46.1 Å². The molecule has 1 saturated heterocycles. The van der Waals surface area contributed by atoms with Gasteiger partial charge < -0.3 is 9.84 Å². The van der Waals surface area contributed by atoms with Crippen molar-refractivity contribution in [1.82, 2.24) is 9.58 Å². The predicted molar refractivity (Wildman–Crippen MR) is 126 cm³/mol. The van der Waals surface area contributed by atoms with Crippen LogP contribution >= 0.6 is 0 Å². The van der Waals surface area contributed by atoms with Crippen molar-refractivity contribution in [3.05, 3.63) is 41.7 Å². The van der Waals surface area contributed by atoms with E-state index in [1.54, 1.807) is 4.57 Å². The third-order valence-corrected chi connectivity index (χ3v) is 5.42. The van der Waals surface area contributed by atoms with E-state index in [0.29, 0.717) is 12.8 Å². The lowest BCUT2D eigenvalue weighted by Gasteiger charge is -2.22. The molecule has 3 rings (SSSR count). The number of aromatic nitrogens is 1. The van der Waals surface area contributed by atoms with Crippen LogP contribution in [0.3, 0.4) is 0 Å². The molecular weight excluding hydrogens is 404 g/mol. The van der Waals surface area contributed by atoms with Gasteiger partial charge in [0.2, 0.25) is 0 Å². The summed E-state index contributed by atoms with van der Waals surface area (Å²) in [6, 6.07) is 10.00. The Labute approximate surface area is 191 Å². The molecule has 2 heterocycles. The minimum absolute atomic E-state index is 0.0613. The van der Waals surface area contributed by atoms with Gasteiger partial charge in [-0.1, -0.05) is 31.2 Å². The van der Waals surface area contributed by atoms with Gasteiger partial charge in [-0.15, -0.1) is 5.11 Å². The Morgan fingerprint density at radius 3 is 2.38 bits per heavy atom. The quantitative estimate of drug-likeness (QED) is 0.529. The summed E-state index contributed by atoms with van der Waals surface area (Å²) in [6.07, 6.45) is 3.10. The number of benzene rings is 1. The Balaban J connectivity index is 1.97.